The van der Waals surface area contributed by atoms with E-state index in [1.165, 1.54) is 0 Å². The first-order chi connectivity index (χ1) is 6.33. The minimum atomic E-state index is 0.528. The van der Waals surface area contributed by atoms with Gasteiger partial charge in [0.25, 0.3) is 0 Å². The molecule has 0 saturated heterocycles. The molecule has 0 radical (unpaired) electrons. The van der Waals surface area contributed by atoms with Crippen LogP contribution in [-0.2, 0) is 15.9 Å². The third-order valence-electron chi connectivity index (χ3n) is 1.91. The van der Waals surface area contributed by atoms with Gasteiger partial charge in [-0.2, -0.15) is 0 Å². The fraction of sp³-hybridized carbons (Fsp3) is 0. The van der Waals surface area contributed by atoms with Gasteiger partial charge in [-0.15, -0.1) is 0 Å². The van der Waals surface area contributed by atoms with E-state index in [2.05, 4.69) is 15.9 Å². The summed E-state index contributed by atoms with van der Waals surface area (Å²) in [6.45, 7) is 0. The van der Waals surface area contributed by atoms with Crippen molar-refractivity contribution in [3.05, 3.63) is 40.9 Å². The van der Waals surface area contributed by atoms with E-state index in [1.54, 1.807) is 0 Å². The number of rotatable bonds is 1. The van der Waals surface area contributed by atoms with Crippen LogP contribution in [0.25, 0.3) is 10.8 Å². The Morgan fingerprint density at radius 3 is 2.62 bits per heavy atom. The molecule has 0 aromatic heterocycles. The lowest BCUT2D eigenvalue weighted by molar-refractivity contribution is 0.605. The van der Waals surface area contributed by atoms with E-state index in [4.69, 9.17) is 0 Å². The van der Waals surface area contributed by atoms with Gasteiger partial charge in [0.1, 0.15) is 0 Å². The van der Waals surface area contributed by atoms with Gasteiger partial charge in [-0.1, -0.05) is 24.3 Å². The summed E-state index contributed by atoms with van der Waals surface area (Å²) in [6, 6.07) is 11.8. The lowest BCUT2D eigenvalue weighted by Crippen LogP contribution is -1.80. The third-order valence-corrected chi connectivity index (χ3v) is 3.44. The molecule has 0 spiro atoms. The first kappa shape index (κ1) is 8.78. The smallest absolute Gasteiger partial charge is 0.0616 e. The van der Waals surface area contributed by atoms with Crippen molar-refractivity contribution in [3.8, 4) is 0 Å². The molecule has 0 atom stereocenters. The van der Waals surface area contributed by atoms with Gasteiger partial charge in [0.15, 0.2) is 0 Å². The van der Waals surface area contributed by atoms with Gasteiger partial charge in [-0.25, -0.2) is 0 Å². The zero-order chi connectivity index (χ0) is 9.26. The Labute approximate surface area is 88.4 Å². The average Bonchev–Trinajstić information content (AvgIpc) is 2.18. The highest BCUT2D eigenvalue weighted by molar-refractivity contribution is 9.10. The number of hydrogen-bond donors (Lipinski definition) is 0. The molecule has 0 saturated carbocycles. The fourth-order valence-corrected chi connectivity index (χ4v) is 2.27. The highest BCUT2D eigenvalue weighted by Gasteiger charge is 2.16. The van der Waals surface area contributed by atoms with Crippen LogP contribution < -0.4 is 0 Å². The summed E-state index contributed by atoms with van der Waals surface area (Å²) in [7, 11) is 0. The Kier molecular flexibility index (Phi) is 2.38. The Hall–Kier alpha value is -0.800. The second-order valence-electron chi connectivity index (χ2n) is 2.68. The molecule has 2 aromatic carbocycles. The first-order valence-electron chi connectivity index (χ1n) is 3.80. The van der Waals surface area contributed by atoms with Crippen LogP contribution >= 0.6 is 15.9 Å². The Balaban J connectivity index is 2.91. The average molecular weight is 254 g/mol. The SMILES string of the molecule is O=[S+]c1c(Br)ccc2ccccc12. The minimum Gasteiger partial charge on any atom is -0.0616 e. The molecule has 0 amide bonds. The lowest BCUT2D eigenvalue weighted by atomic mass is 10.1. The highest BCUT2D eigenvalue weighted by atomic mass is 79.9. The number of fused-ring (bicyclic) bond motifs is 1. The largest absolute Gasteiger partial charge is 0.507 e. The molecule has 64 valence electrons. The quantitative estimate of drug-likeness (QED) is 0.713. The zero-order valence-corrected chi connectivity index (χ0v) is 9.06. The summed E-state index contributed by atoms with van der Waals surface area (Å²) in [5, 5.41) is 2.11. The van der Waals surface area contributed by atoms with Gasteiger partial charge in [0.2, 0.25) is 0 Å². The van der Waals surface area contributed by atoms with E-state index in [-0.39, 0.29) is 0 Å². The summed E-state index contributed by atoms with van der Waals surface area (Å²) in [5.41, 5.74) is 0. The summed E-state index contributed by atoms with van der Waals surface area (Å²) in [4.78, 5) is 0.762. The van der Waals surface area contributed by atoms with Gasteiger partial charge in [0, 0.05) is 4.21 Å². The second kappa shape index (κ2) is 3.52. The maximum atomic E-state index is 10.9. The van der Waals surface area contributed by atoms with Gasteiger partial charge in [0.05, 0.1) is 9.86 Å². The van der Waals surface area contributed by atoms with Crippen molar-refractivity contribution in [2.45, 2.75) is 4.90 Å². The molecule has 1 nitrogen and oxygen atoms in total. The second-order valence-corrected chi connectivity index (χ2v) is 4.11. The van der Waals surface area contributed by atoms with E-state index < -0.39 is 0 Å². The Bertz CT molecular complexity index is 467. The Morgan fingerprint density at radius 1 is 1.08 bits per heavy atom. The summed E-state index contributed by atoms with van der Waals surface area (Å²) >= 11 is 3.88. The maximum absolute atomic E-state index is 10.9. The van der Waals surface area contributed by atoms with Crippen molar-refractivity contribution < 1.29 is 4.21 Å². The molecule has 13 heavy (non-hydrogen) atoms. The molecule has 3 heteroatoms. The first-order valence-corrected chi connectivity index (χ1v) is 5.33. The standard InChI is InChI=1S/C10H6BrOS/c11-9-6-5-7-3-1-2-4-8(7)10(9)13-12/h1-6H/q+1. The van der Waals surface area contributed by atoms with Gasteiger partial charge in [-0.3, -0.25) is 0 Å². The minimum absolute atomic E-state index is 0.528. The number of halogens is 1. The van der Waals surface area contributed by atoms with Crippen molar-refractivity contribution in [1.82, 2.24) is 0 Å². The predicted octanol–water partition coefficient (Wildman–Crippen LogP) is 3.39. The molecular formula is C10H6BrOS+. The molecule has 2 rings (SSSR count). The summed E-state index contributed by atoms with van der Waals surface area (Å²) < 4.78 is 11.7. The molecular weight excluding hydrogens is 248 g/mol. The van der Waals surface area contributed by atoms with Crippen molar-refractivity contribution in [1.29, 1.82) is 0 Å². The molecule has 0 unspecified atom stereocenters. The van der Waals surface area contributed by atoms with E-state index in [0.717, 1.165) is 20.1 Å². The molecule has 0 aliphatic heterocycles. The monoisotopic (exact) mass is 253 g/mol. The maximum Gasteiger partial charge on any atom is 0.507 e. The lowest BCUT2D eigenvalue weighted by Gasteiger charge is -1.94. The molecule has 0 heterocycles. The van der Waals surface area contributed by atoms with Gasteiger partial charge in [-0.05, 0) is 33.4 Å². The van der Waals surface area contributed by atoms with Crippen molar-refractivity contribution >= 4 is 38.4 Å². The molecule has 0 aliphatic rings. The van der Waals surface area contributed by atoms with Crippen LogP contribution in [0.5, 0.6) is 0 Å². The number of benzene rings is 2. The summed E-state index contributed by atoms with van der Waals surface area (Å²) in [6.07, 6.45) is 0. The van der Waals surface area contributed by atoms with Crippen LogP contribution in [-0.4, -0.2) is 0 Å². The van der Waals surface area contributed by atoms with Crippen LogP contribution in [0.3, 0.4) is 0 Å². The molecule has 0 bridgehead atoms. The van der Waals surface area contributed by atoms with Crippen LogP contribution in [0, 0.1) is 0 Å². The zero-order valence-electron chi connectivity index (χ0n) is 6.66. The molecule has 0 fully saturated rings. The number of hydrogen-bond acceptors (Lipinski definition) is 1. The van der Waals surface area contributed by atoms with E-state index >= 15 is 0 Å². The van der Waals surface area contributed by atoms with E-state index in [1.807, 2.05) is 36.4 Å². The molecule has 0 aliphatic carbocycles. The predicted molar refractivity (Wildman–Crippen MR) is 58.0 cm³/mol. The van der Waals surface area contributed by atoms with Gasteiger partial charge < -0.3 is 0 Å². The van der Waals surface area contributed by atoms with Crippen molar-refractivity contribution in [3.63, 3.8) is 0 Å². The van der Waals surface area contributed by atoms with Crippen LogP contribution in [0.15, 0.2) is 45.8 Å². The topological polar surface area (TPSA) is 17.1 Å². The van der Waals surface area contributed by atoms with Crippen LogP contribution in [0.1, 0.15) is 0 Å². The fourth-order valence-electron chi connectivity index (χ4n) is 1.30. The van der Waals surface area contributed by atoms with Crippen molar-refractivity contribution in [2.24, 2.45) is 0 Å². The van der Waals surface area contributed by atoms with Crippen LogP contribution in [0.4, 0.5) is 0 Å². The van der Waals surface area contributed by atoms with E-state index in [9.17, 15) is 4.21 Å². The third kappa shape index (κ3) is 1.49. The highest BCUT2D eigenvalue weighted by Crippen LogP contribution is 2.26. The Morgan fingerprint density at radius 2 is 1.85 bits per heavy atom. The van der Waals surface area contributed by atoms with E-state index in [0.29, 0.717) is 11.7 Å². The molecule has 2 aromatic rings. The van der Waals surface area contributed by atoms with Crippen LogP contribution in [0.2, 0.25) is 0 Å². The normalized spacial score (nSPS) is 10.2. The molecule has 0 N–H and O–H groups in total. The van der Waals surface area contributed by atoms with Gasteiger partial charge >= 0.3 is 16.6 Å². The summed E-state index contributed by atoms with van der Waals surface area (Å²) in [5.74, 6) is 0. The van der Waals surface area contributed by atoms with Crippen molar-refractivity contribution in [2.75, 3.05) is 0 Å².